The monoisotopic (exact) mass is 179 g/mol. The van der Waals surface area contributed by atoms with Crippen molar-refractivity contribution in [2.75, 3.05) is 14.1 Å². The van der Waals surface area contributed by atoms with Crippen LogP contribution in [0.2, 0.25) is 0 Å². The molecule has 13 heavy (non-hydrogen) atoms. The fraction of sp³-hybridized carbons (Fsp3) is 0.286. The normalized spacial score (nSPS) is 21.1. The van der Waals surface area contributed by atoms with Gasteiger partial charge in [0.1, 0.15) is 0 Å². The molecule has 2 rings (SSSR count). The number of hydrogen-bond donors (Lipinski definition) is 0. The first-order chi connectivity index (χ1) is 6.13. The quantitative estimate of drug-likeness (QED) is 0.452. The van der Waals surface area contributed by atoms with Crippen LogP contribution in [0.1, 0.15) is 0 Å². The number of urea groups is 1. The summed E-state index contributed by atoms with van der Waals surface area (Å²) in [4.78, 5) is 31.4. The standard InChI is InChI=1S/C7H7N4O2/c1-10-5-4(8-3-9-5)6(12)11(2)7(10)13/h3H,1-2H3/q+1. The maximum absolute atomic E-state index is 11.4. The number of carbonyl (C=O) groups is 2. The Hall–Kier alpha value is -1.85. The second-order valence-corrected chi connectivity index (χ2v) is 2.75. The number of amides is 3. The van der Waals surface area contributed by atoms with Crippen molar-refractivity contribution in [2.45, 2.75) is 0 Å². The van der Waals surface area contributed by atoms with Gasteiger partial charge in [0.25, 0.3) is 5.84 Å². The summed E-state index contributed by atoms with van der Waals surface area (Å²) in [5, 5.41) is 0. The molecule has 66 valence electrons. The third-order valence-corrected chi connectivity index (χ3v) is 1.98. The lowest BCUT2D eigenvalue weighted by Crippen LogP contribution is -2.51. The molecule has 0 aromatic rings. The van der Waals surface area contributed by atoms with E-state index >= 15 is 0 Å². The topological polar surface area (TPSA) is 65.1 Å². The van der Waals surface area contributed by atoms with Crippen LogP contribution in [0.4, 0.5) is 4.79 Å². The zero-order chi connectivity index (χ0) is 9.59. The summed E-state index contributed by atoms with van der Waals surface area (Å²) in [6.45, 7) is 0. The van der Waals surface area contributed by atoms with Crippen molar-refractivity contribution >= 4 is 29.8 Å². The molecule has 0 fully saturated rings. The number of carbonyl (C=O) groups excluding carboxylic acids is 2. The Balaban J connectivity index is 2.63. The fourth-order valence-electron chi connectivity index (χ4n) is 1.22. The Morgan fingerprint density at radius 1 is 1.46 bits per heavy atom. The zero-order valence-electron chi connectivity index (χ0n) is 7.18. The summed E-state index contributed by atoms with van der Waals surface area (Å²) in [6.07, 6.45) is 1.27. The zero-order valence-corrected chi connectivity index (χ0v) is 7.18. The van der Waals surface area contributed by atoms with Gasteiger partial charge < -0.3 is 0 Å². The molecule has 0 radical (unpaired) electrons. The lowest BCUT2D eigenvalue weighted by atomic mass is 10.2. The summed E-state index contributed by atoms with van der Waals surface area (Å²) in [7, 11) is 2.97. The predicted octanol–water partition coefficient (Wildman–Crippen LogP) is -0.898. The molecule has 2 heterocycles. The van der Waals surface area contributed by atoms with E-state index in [9.17, 15) is 9.59 Å². The molecule has 0 bridgehead atoms. The first-order valence-corrected chi connectivity index (χ1v) is 3.66. The third-order valence-electron chi connectivity index (χ3n) is 1.98. The second-order valence-electron chi connectivity index (χ2n) is 2.75. The summed E-state index contributed by atoms with van der Waals surface area (Å²) in [5.41, 5.74) is 0.226. The van der Waals surface area contributed by atoms with E-state index in [-0.39, 0.29) is 5.71 Å². The molecule has 0 saturated heterocycles. The van der Waals surface area contributed by atoms with E-state index in [1.807, 2.05) is 0 Å². The highest BCUT2D eigenvalue weighted by atomic mass is 16.2. The molecule has 0 spiro atoms. The van der Waals surface area contributed by atoms with Crippen molar-refractivity contribution in [3.63, 3.8) is 0 Å². The molecule has 0 unspecified atom stereocenters. The summed E-state index contributed by atoms with van der Waals surface area (Å²) < 4.78 is 1.30. The molecular formula is C7H7N4O2+. The maximum Gasteiger partial charge on any atom is 0.446 e. The van der Waals surface area contributed by atoms with Crippen LogP contribution in [0.25, 0.3) is 0 Å². The Bertz CT molecular complexity index is 405. The third kappa shape index (κ3) is 0.851. The summed E-state index contributed by atoms with van der Waals surface area (Å²) >= 11 is 0. The van der Waals surface area contributed by atoms with Gasteiger partial charge in [-0.3, -0.25) is 0 Å². The van der Waals surface area contributed by atoms with Gasteiger partial charge in [-0.05, 0) is 0 Å². The van der Waals surface area contributed by atoms with Gasteiger partial charge in [-0.1, -0.05) is 4.99 Å². The van der Waals surface area contributed by atoms with Crippen LogP contribution in [0.3, 0.4) is 0 Å². The fourth-order valence-corrected chi connectivity index (χ4v) is 1.22. The molecule has 0 aromatic heterocycles. The van der Waals surface area contributed by atoms with E-state index in [4.69, 9.17) is 0 Å². The van der Waals surface area contributed by atoms with Crippen LogP contribution in [0.15, 0.2) is 9.98 Å². The highest BCUT2D eigenvalue weighted by Crippen LogP contribution is 2.06. The number of rotatable bonds is 0. The van der Waals surface area contributed by atoms with Crippen LogP contribution >= 0.6 is 0 Å². The Morgan fingerprint density at radius 3 is 2.85 bits per heavy atom. The molecule has 0 atom stereocenters. The highest BCUT2D eigenvalue weighted by Gasteiger charge is 2.42. The van der Waals surface area contributed by atoms with Crippen molar-refractivity contribution in [3.05, 3.63) is 0 Å². The molecule has 0 N–H and O–H groups in total. The molecule has 0 aliphatic carbocycles. The Labute approximate surface area is 73.9 Å². The molecule has 6 nitrogen and oxygen atoms in total. The minimum absolute atomic E-state index is 0.226. The minimum atomic E-state index is -0.407. The molecular weight excluding hydrogens is 172 g/mol. The van der Waals surface area contributed by atoms with Crippen LogP contribution < -0.4 is 0 Å². The number of amidine groups is 1. The van der Waals surface area contributed by atoms with E-state index in [0.717, 1.165) is 4.90 Å². The van der Waals surface area contributed by atoms with E-state index < -0.39 is 11.9 Å². The van der Waals surface area contributed by atoms with Gasteiger partial charge in [0.05, 0.1) is 14.1 Å². The van der Waals surface area contributed by atoms with Crippen molar-refractivity contribution in [1.82, 2.24) is 4.90 Å². The van der Waals surface area contributed by atoms with Crippen LogP contribution in [-0.4, -0.2) is 53.4 Å². The molecule has 6 heteroatoms. The molecule has 2 aliphatic rings. The van der Waals surface area contributed by atoms with Gasteiger partial charge in [0.2, 0.25) is 5.71 Å². The van der Waals surface area contributed by atoms with Gasteiger partial charge >= 0.3 is 11.9 Å². The van der Waals surface area contributed by atoms with Crippen molar-refractivity contribution in [3.8, 4) is 0 Å². The Kier molecular flexibility index (Phi) is 1.39. The number of imide groups is 1. The van der Waals surface area contributed by atoms with Gasteiger partial charge in [0, 0.05) is 0 Å². The average Bonchev–Trinajstić information content (AvgIpc) is 2.59. The minimum Gasteiger partial charge on any atom is -0.248 e. The SMILES string of the molecule is CN1C(=O)C2=NC=NC2=[N+](C)C1=O. The van der Waals surface area contributed by atoms with Crippen molar-refractivity contribution in [2.24, 2.45) is 9.98 Å². The smallest absolute Gasteiger partial charge is 0.248 e. The highest BCUT2D eigenvalue weighted by molar-refractivity contribution is 6.69. The predicted molar refractivity (Wildman–Crippen MR) is 45.3 cm³/mol. The first kappa shape index (κ1) is 7.78. The van der Waals surface area contributed by atoms with Gasteiger partial charge in [0.15, 0.2) is 6.34 Å². The number of nitrogens with zero attached hydrogens (tertiary/aromatic N) is 4. The lowest BCUT2D eigenvalue weighted by molar-refractivity contribution is -0.401. The molecule has 3 amide bonds. The van der Waals surface area contributed by atoms with Crippen molar-refractivity contribution in [1.29, 1.82) is 0 Å². The molecule has 0 aromatic carbocycles. The van der Waals surface area contributed by atoms with E-state index in [1.54, 1.807) is 7.05 Å². The van der Waals surface area contributed by atoms with Crippen LogP contribution in [-0.2, 0) is 4.79 Å². The molecule has 2 aliphatic heterocycles. The number of hydrogen-bond acceptors (Lipinski definition) is 4. The summed E-state index contributed by atoms with van der Waals surface area (Å²) in [5.74, 6) is -0.0799. The van der Waals surface area contributed by atoms with E-state index in [0.29, 0.717) is 5.84 Å². The van der Waals surface area contributed by atoms with Crippen LogP contribution in [0.5, 0.6) is 0 Å². The summed E-state index contributed by atoms with van der Waals surface area (Å²) in [6, 6.07) is -0.391. The number of aliphatic imine (C=N–C) groups is 2. The lowest BCUT2D eigenvalue weighted by Gasteiger charge is -2.15. The van der Waals surface area contributed by atoms with E-state index in [2.05, 4.69) is 9.98 Å². The van der Waals surface area contributed by atoms with Gasteiger partial charge in [-0.2, -0.15) is 9.48 Å². The van der Waals surface area contributed by atoms with Crippen LogP contribution in [0, 0.1) is 0 Å². The number of fused-ring (bicyclic) bond motifs is 1. The Morgan fingerprint density at radius 2 is 2.15 bits per heavy atom. The van der Waals surface area contributed by atoms with Crippen molar-refractivity contribution < 1.29 is 14.2 Å². The largest absolute Gasteiger partial charge is 0.446 e. The second kappa shape index (κ2) is 2.32. The maximum atomic E-state index is 11.4. The van der Waals surface area contributed by atoms with Gasteiger partial charge in [-0.15, -0.1) is 0 Å². The van der Waals surface area contributed by atoms with E-state index in [1.165, 1.54) is 18.0 Å². The molecule has 0 saturated carbocycles. The van der Waals surface area contributed by atoms with Gasteiger partial charge in [-0.25, -0.2) is 14.6 Å². The average molecular weight is 179 g/mol. The first-order valence-electron chi connectivity index (χ1n) is 3.66.